The lowest BCUT2D eigenvalue weighted by Crippen LogP contribution is -2.18. The lowest BCUT2D eigenvalue weighted by atomic mass is 10.2. The molecule has 5 nitrogen and oxygen atoms in total. The van der Waals surface area contributed by atoms with Crippen molar-refractivity contribution in [3.8, 4) is 0 Å². The van der Waals surface area contributed by atoms with Gasteiger partial charge in [0.15, 0.2) is 0 Å². The van der Waals surface area contributed by atoms with Gasteiger partial charge in [-0.2, -0.15) is 4.73 Å². The van der Waals surface area contributed by atoms with E-state index in [0.717, 1.165) is 5.52 Å². The fourth-order valence-electron chi connectivity index (χ4n) is 1.45. The molecule has 0 aliphatic heterocycles. The summed E-state index contributed by atoms with van der Waals surface area (Å²) in [5, 5.41) is 0. The molecule has 0 spiro atoms. The van der Waals surface area contributed by atoms with Crippen molar-refractivity contribution < 1.29 is 4.84 Å². The van der Waals surface area contributed by atoms with Crippen LogP contribution < -0.4 is 16.3 Å². The topological polar surface area (TPSA) is 79.1 Å². The highest BCUT2D eigenvalue weighted by Gasteiger charge is 2.10. The standard InChI is InChI=1S/C10H14N4O/c1-6(2)15-14-5-13-9-7(11)3-4-8(12)10(9)14/h3-6H,11-12H2,1-2H3. The Bertz CT molecular complexity index is 489. The Labute approximate surface area is 87.6 Å². The van der Waals surface area contributed by atoms with Gasteiger partial charge in [0.25, 0.3) is 0 Å². The maximum atomic E-state index is 5.85. The first-order chi connectivity index (χ1) is 7.09. The summed E-state index contributed by atoms with van der Waals surface area (Å²) in [4.78, 5) is 9.69. The summed E-state index contributed by atoms with van der Waals surface area (Å²) in [6, 6.07) is 3.49. The van der Waals surface area contributed by atoms with E-state index in [0.29, 0.717) is 16.9 Å². The van der Waals surface area contributed by atoms with Gasteiger partial charge in [0.2, 0.25) is 0 Å². The van der Waals surface area contributed by atoms with Crippen molar-refractivity contribution in [1.82, 2.24) is 9.71 Å². The molecule has 0 unspecified atom stereocenters. The quantitative estimate of drug-likeness (QED) is 0.719. The van der Waals surface area contributed by atoms with Crippen molar-refractivity contribution >= 4 is 22.4 Å². The van der Waals surface area contributed by atoms with E-state index in [1.165, 1.54) is 0 Å². The SMILES string of the molecule is CC(C)On1cnc2c(N)ccc(N)c21. The molecule has 0 saturated heterocycles. The van der Waals surface area contributed by atoms with Crippen LogP contribution in [0.3, 0.4) is 0 Å². The highest BCUT2D eigenvalue weighted by molar-refractivity contribution is 5.95. The van der Waals surface area contributed by atoms with E-state index in [1.807, 2.05) is 13.8 Å². The van der Waals surface area contributed by atoms with Crippen LogP contribution in [0.5, 0.6) is 0 Å². The molecule has 5 heteroatoms. The van der Waals surface area contributed by atoms with Crippen molar-refractivity contribution in [1.29, 1.82) is 0 Å². The van der Waals surface area contributed by atoms with E-state index in [2.05, 4.69) is 4.98 Å². The number of hydrogen-bond acceptors (Lipinski definition) is 4. The number of nitrogens with two attached hydrogens (primary N) is 2. The van der Waals surface area contributed by atoms with Crippen LogP contribution >= 0.6 is 0 Å². The number of imidazole rings is 1. The molecule has 2 rings (SSSR count). The Morgan fingerprint density at radius 3 is 2.60 bits per heavy atom. The predicted molar refractivity (Wildman–Crippen MR) is 60.3 cm³/mol. The number of nitrogens with zero attached hydrogens (tertiary/aromatic N) is 2. The first-order valence-corrected chi connectivity index (χ1v) is 4.77. The first-order valence-electron chi connectivity index (χ1n) is 4.77. The van der Waals surface area contributed by atoms with Crippen molar-refractivity contribution in [3.63, 3.8) is 0 Å². The summed E-state index contributed by atoms with van der Waals surface area (Å²) in [5.41, 5.74) is 14.2. The minimum Gasteiger partial charge on any atom is -0.410 e. The number of aromatic nitrogens is 2. The highest BCUT2D eigenvalue weighted by Crippen LogP contribution is 2.24. The lowest BCUT2D eigenvalue weighted by Gasteiger charge is -2.11. The van der Waals surface area contributed by atoms with E-state index >= 15 is 0 Å². The largest absolute Gasteiger partial charge is 0.410 e. The number of anilines is 2. The molecule has 4 N–H and O–H groups in total. The fraction of sp³-hybridized carbons (Fsp3) is 0.300. The summed E-state index contributed by atoms with van der Waals surface area (Å²) < 4.78 is 1.56. The van der Waals surface area contributed by atoms with Crippen LogP contribution in [0.4, 0.5) is 11.4 Å². The summed E-state index contributed by atoms with van der Waals surface area (Å²) in [5.74, 6) is 0. The second-order valence-electron chi connectivity index (χ2n) is 3.67. The maximum absolute atomic E-state index is 5.85. The molecular weight excluding hydrogens is 192 g/mol. The molecule has 1 aromatic carbocycles. The van der Waals surface area contributed by atoms with Gasteiger partial charge in [-0.3, -0.25) is 0 Å². The van der Waals surface area contributed by atoms with Crippen LogP contribution in [0.1, 0.15) is 13.8 Å². The minimum atomic E-state index is 0.0585. The Balaban J connectivity index is 2.62. The molecule has 0 aliphatic rings. The molecule has 1 heterocycles. The number of rotatable bonds is 2. The predicted octanol–water partition coefficient (Wildman–Crippen LogP) is 1.04. The molecule has 0 fully saturated rings. The average molecular weight is 206 g/mol. The molecule has 0 radical (unpaired) electrons. The zero-order valence-electron chi connectivity index (χ0n) is 8.77. The lowest BCUT2D eigenvalue weighted by molar-refractivity contribution is 0.0676. The molecule has 1 aromatic heterocycles. The first kappa shape index (κ1) is 9.64. The van der Waals surface area contributed by atoms with E-state index in [4.69, 9.17) is 16.3 Å². The van der Waals surface area contributed by atoms with Gasteiger partial charge in [0, 0.05) is 0 Å². The fourth-order valence-corrected chi connectivity index (χ4v) is 1.45. The summed E-state index contributed by atoms with van der Waals surface area (Å²) in [7, 11) is 0. The molecule has 0 amide bonds. The molecular formula is C10H14N4O. The van der Waals surface area contributed by atoms with Gasteiger partial charge in [0.05, 0.1) is 11.4 Å². The smallest absolute Gasteiger partial charge is 0.133 e. The molecule has 15 heavy (non-hydrogen) atoms. The minimum absolute atomic E-state index is 0.0585. The Kier molecular flexibility index (Phi) is 2.15. The van der Waals surface area contributed by atoms with E-state index in [9.17, 15) is 0 Å². The molecule has 0 aliphatic carbocycles. The number of fused-ring (bicyclic) bond motifs is 1. The molecule has 2 aromatic rings. The van der Waals surface area contributed by atoms with Gasteiger partial charge in [-0.1, -0.05) is 0 Å². The zero-order valence-corrected chi connectivity index (χ0v) is 8.77. The third-order valence-corrected chi connectivity index (χ3v) is 2.05. The third kappa shape index (κ3) is 1.56. The summed E-state index contributed by atoms with van der Waals surface area (Å²) >= 11 is 0. The van der Waals surface area contributed by atoms with Gasteiger partial charge in [0.1, 0.15) is 23.5 Å². The normalized spacial score (nSPS) is 11.1. The average Bonchev–Trinajstić information content (AvgIpc) is 2.56. The number of hydrogen-bond donors (Lipinski definition) is 2. The summed E-state index contributed by atoms with van der Waals surface area (Å²) in [6.07, 6.45) is 1.64. The van der Waals surface area contributed by atoms with Crippen LogP contribution in [-0.4, -0.2) is 15.8 Å². The van der Waals surface area contributed by atoms with Crippen LogP contribution in [-0.2, 0) is 0 Å². The zero-order chi connectivity index (χ0) is 11.0. The van der Waals surface area contributed by atoms with Crippen molar-refractivity contribution in [2.45, 2.75) is 20.0 Å². The van der Waals surface area contributed by atoms with Gasteiger partial charge in [-0.25, -0.2) is 4.98 Å². The molecule has 0 saturated carbocycles. The van der Waals surface area contributed by atoms with Crippen LogP contribution in [0, 0.1) is 0 Å². The maximum Gasteiger partial charge on any atom is 0.133 e. The van der Waals surface area contributed by atoms with Crippen molar-refractivity contribution in [3.05, 3.63) is 18.5 Å². The Morgan fingerprint density at radius 2 is 1.93 bits per heavy atom. The van der Waals surface area contributed by atoms with Gasteiger partial charge in [-0.15, -0.1) is 0 Å². The monoisotopic (exact) mass is 206 g/mol. The molecule has 80 valence electrons. The highest BCUT2D eigenvalue weighted by atomic mass is 16.7. The van der Waals surface area contributed by atoms with E-state index in [1.54, 1.807) is 23.2 Å². The molecule has 0 bridgehead atoms. The Morgan fingerprint density at radius 1 is 1.27 bits per heavy atom. The Hall–Kier alpha value is -1.91. The van der Waals surface area contributed by atoms with Gasteiger partial charge >= 0.3 is 0 Å². The van der Waals surface area contributed by atoms with E-state index in [-0.39, 0.29) is 6.10 Å². The molecule has 0 atom stereocenters. The second kappa shape index (κ2) is 3.34. The van der Waals surface area contributed by atoms with Crippen molar-refractivity contribution in [2.24, 2.45) is 0 Å². The van der Waals surface area contributed by atoms with Crippen molar-refractivity contribution in [2.75, 3.05) is 11.5 Å². The van der Waals surface area contributed by atoms with E-state index < -0.39 is 0 Å². The summed E-state index contributed by atoms with van der Waals surface area (Å²) in [6.45, 7) is 3.88. The van der Waals surface area contributed by atoms with Crippen LogP contribution in [0.25, 0.3) is 11.0 Å². The number of nitrogen functional groups attached to an aromatic ring is 2. The van der Waals surface area contributed by atoms with Crippen LogP contribution in [0.2, 0.25) is 0 Å². The van der Waals surface area contributed by atoms with Gasteiger partial charge in [-0.05, 0) is 26.0 Å². The van der Waals surface area contributed by atoms with Crippen LogP contribution in [0.15, 0.2) is 18.5 Å². The van der Waals surface area contributed by atoms with Gasteiger partial charge < -0.3 is 16.3 Å². The second-order valence-corrected chi connectivity index (χ2v) is 3.67. The number of benzene rings is 1. The third-order valence-electron chi connectivity index (χ3n) is 2.05.